The monoisotopic (exact) mass is 681 g/mol. The Kier molecular flexibility index (Phi) is 10.6. The van der Waals surface area contributed by atoms with Crippen LogP contribution in [0.3, 0.4) is 0 Å². The minimum absolute atomic E-state index is 0.00142. The SMILES string of the molecule is CNC(=O)Nc1cccc2ccc(C(=O)Nc3ccn([C@H]4C[C@H](O[Si](C)(C)C(C)(C)C)[C@@H](CO[Si](C)(C)C(C)(C)C)O4)c(=O)n3)cc12. The minimum Gasteiger partial charge on any atom is -0.414 e. The molecule has 0 unspecified atom stereocenters. The maximum absolute atomic E-state index is 13.3. The van der Waals surface area contributed by atoms with E-state index in [0.29, 0.717) is 29.7 Å². The number of aromatic nitrogens is 2. The van der Waals surface area contributed by atoms with Crippen LogP contribution in [0.1, 0.15) is 64.5 Å². The van der Waals surface area contributed by atoms with Crippen LogP contribution in [-0.2, 0) is 13.6 Å². The fourth-order valence-electron chi connectivity index (χ4n) is 4.81. The lowest BCUT2D eigenvalue weighted by Gasteiger charge is -2.40. The van der Waals surface area contributed by atoms with Crippen LogP contribution >= 0.6 is 0 Å². The third-order valence-electron chi connectivity index (χ3n) is 9.85. The van der Waals surface area contributed by atoms with Crippen LogP contribution < -0.4 is 21.6 Å². The normalized spacial score (nSPS) is 19.1. The van der Waals surface area contributed by atoms with E-state index in [1.165, 1.54) is 11.6 Å². The summed E-state index contributed by atoms with van der Waals surface area (Å²) in [5.74, 6) is -0.313. The van der Waals surface area contributed by atoms with Crippen LogP contribution in [-0.4, -0.2) is 64.0 Å². The largest absolute Gasteiger partial charge is 0.414 e. The Morgan fingerprint density at radius 3 is 2.28 bits per heavy atom. The van der Waals surface area contributed by atoms with E-state index in [0.717, 1.165) is 5.39 Å². The van der Waals surface area contributed by atoms with Crippen molar-refractivity contribution in [2.24, 2.45) is 0 Å². The quantitative estimate of drug-likeness (QED) is 0.205. The lowest BCUT2D eigenvalue weighted by atomic mass is 10.0. The maximum atomic E-state index is 13.3. The lowest BCUT2D eigenvalue weighted by molar-refractivity contribution is -0.0411. The van der Waals surface area contributed by atoms with Crippen molar-refractivity contribution in [2.45, 2.75) is 103 Å². The van der Waals surface area contributed by atoms with E-state index in [1.54, 1.807) is 36.5 Å². The molecule has 3 N–H and O–H groups in total. The highest BCUT2D eigenvalue weighted by atomic mass is 28.4. The highest BCUT2D eigenvalue weighted by molar-refractivity contribution is 6.74. The zero-order valence-corrected chi connectivity index (χ0v) is 31.6. The summed E-state index contributed by atoms with van der Waals surface area (Å²) in [7, 11) is -2.68. The molecule has 0 bridgehead atoms. The van der Waals surface area contributed by atoms with Gasteiger partial charge in [-0.2, -0.15) is 4.98 Å². The first-order valence-corrected chi connectivity index (χ1v) is 21.9. The summed E-state index contributed by atoms with van der Waals surface area (Å²) < 4.78 is 21.3. The minimum atomic E-state index is -2.16. The number of nitrogens with one attached hydrogen (secondary N) is 3. The number of carbonyl (C=O) groups excluding carboxylic acids is 2. The van der Waals surface area contributed by atoms with Gasteiger partial charge in [0.15, 0.2) is 16.6 Å². The van der Waals surface area contributed by atoms with Crippen molar-refractivity contribution >= 4 is 50.9 Å². The van der Waals surface area contributed by atoms with Crippen molar-refractivity contribution in [1.29, 1.82) is 0 Å². The molecule has 1 fully saturated rings. The van der Waals surface area contributed by atoms with Gasteiger partial charge in [-0.25, -0.2) is 9.59 Å². The highest BCUT2D eigenvalue weighted by Gasteiger charge is 2.46. The Morgan fingerprint density at radius 2 is 1.66 bits per heavy atom. The number of carbonyl (C=O) groups is 2. The molecular weight excluding hydrogens is 631 g/mol. The van der Waals surface area contributed by atoms with Crippen molar-refractivity contribution in [2.75, 3.05) is 24.3 Å². The average molecular weight is 682 g/mol. The van der Waals surface area contributed by atoms with Crippen LogP contribution in [0, 0.1) is 0 Å². The number of amides is 3. The fourth-order valence-corrected chi connectivity index (χ4v) is 7.18. The van der Waals surface area contributed by atoms with Gasteiger partial charge in [0.05, 0.1) is 18.4 Å². The molecule has 47 heavy (non-hydrogen) atoms. The van der Waals surface area contributed by atoms with Gasteiger partial charge in [-0.3, -0.25) is 9.36 Å². The molecule has 0 radical (unpaired) electrons. The van der Waals surface area contributed by atoms with Gasteiger partial charge in [-0.1, -0.05) is 59.7 Å². The lowest BCUT2D eigenvalue weighted by Crippen LogP contribution is -2.48. The first-order chi connectivity index (χ1) is 21.7. The van der Waals surface area contributed by atoms with Gasteiger partial charge in [-0.05, 0) is 65.9 Å². The van der Waals surface area contributed by atoms with Gasteiger partial charge in [-0.15, -0.1) is 0 Å². The van der Waals surface area contributed by atoms with E-state index in [1.807, 2.05) is 12.1 Å². The average Bonchev–Trinajstić information content (AvgIpc) is 3.36. The first kappa shape index (κ1) is 36.5. The number of hydrogen-bond acceptors (Lipinski definition) is 7. The number of anilines is 2. The summed E-state index contributed by atoms with van der Waals surface area (Å²) in [6, 6.07) is 11.9. The number of urea groups is 1. The van der Waals surface area contributed by atoms with E-state index < -0.39 is 34.5 Å². The summed E-state index contributed by atoms with van der Waals surface area (Å²) >= 11 is 0. The number of benzene rings is 2. The number of hydrogen-bond donors (Lipinski definition) is 3. The molecule has 256 valence electrons. The molecule has 1 saturated heterocycles. The van der Waals surface area contributed by atoms with Crippen LogP contribution in [0.25, 0.3) is 10.8 Å². The predicted molar refractivity (Wildman–Crippen MR) is 192 cm³/mol. The molecule has 3 atom stereocenters. The highest BCUT2D eigenvalue weighted by Crippen LogP contribution is 2.42. The molecule has 3 aromatic rings. The number of nitrogens with zero attached hydrogens (tertiary/aromatic N) is 2. The van der Waals surface area contributed by atoms with Gasteiger partial charge < -0.3 is 29.5 Å². The zero-order valence-electron chi connectivity index (χ0n) is 29.6. The van der Waals surface area contributed by atoms with E-state index in [9.17, 15) is 14.4 Å². The van der Waals surface area contributed by atoms with Gasteiger partial charge in [0.25, 0.3) is 5.91 Å². The summed E-state index contributed by atoms with van der Waals surface area (Å²) in [6.45, 7) is 22.5. The second kappa shape index (κ2) is 13.6. The van der Waals surface area contributed by atoms with Gasteiger partial charge in [0.2, 0.25) is 0 Å². The molecule has 2 heterocycles. The van der Waals surface area contributed by atoms with Crippen LogP contribution in [0.15, 0.2) is 53.5 Å². The Bertz CT molecular complexity index is 1680. The van der Waals surface area contributed by atoms with Crippen LogP contribution in [0.5, 0.6) is 0 Å². The zero-order chi connectivity index (χ0) is 34.9. The molecule has 0 spiro atoms. The molecule has 2 aromatic carbocycles. The second-order valence-electron chi connectivity index (χ2n) is 15.3. The van der Waals surface area contributed by atoms with Crippen LogP contribution in [0.2, 0.25) is 36.3 Å². The molecule has 13 heteroatoms. The predicted octanol–water partition coefficient (Wildman–Crippen LogP) is 7.10. The van der Waals surface area contributed by atoms with Crippen molar-refractivity contribution < 1.29 is 23.2 Å². The first-order valence-electron chi connectivity index (χ1n) is 16.1. The topological polar surface area (TPSA) is 133 Å². The van der Waals surface area contributed by atoms with E-state index in [2.05, 4.69) is 88.7 Å². The Labute approximate surface area is 280 Å². The van der Waals surface area contributed by atoms with Gasteiger partial charge in [0.1, 0.15) is 18.1 Å². The number of rotatable bonds is 9. The van der Waals surface area contributed by atoms with Crippen molar-refractivity contribution in [1.82, 2.24) is 14.9 Å². The fraction of sp³-hybridized carbons (Fsp3) is 0.529. The van der Waals surface area contributed by atoms with Gasteiger partial charge >= 0.3 is 11.7 Å². The molecule has 3 amide bonds. The summed E-state index contributed by atoms with van der Waals surface area (Å²) in [5, 5.41) is 9.64. The number of ether oxygens (including phenoxy) is 1. The summed E-state index contributed by atoms with van der Waals surface area (Å²) in [6.07, 6.45) is 0.906. The maximum Gasteiger partial charge on any atom is 0.351 e. The van der Waals surface area contributed by atoms with E-state index in [4.69, 9.17) is 13.6 Å². The standard InChI is InChI=1S/C34H51N5O6Si2/c1-33(2,3)46(8,9)43-21-27-26(45-47(10,11)34(4,5)6)20-29(44-27)39-18-17-28(38-32(39)42)37-30(40)23-16-15-22-13-12-14-25(24(22)19-23)36-31(41)35-7/h12-19,26-27,29H,20-21H2,1-11H3,(H2,35,36,41)(H,37,38,40,42)/t26-,27+,29+/m0/s1. The molecule has 0 aliphatic carbocycles. The third kappa shape index (κ3) is 8.38. The van der Waals surface area contributed by atoms with Gasteiger partial charge in [0, 0.05) is 30.6 Å². The Morgan fingerprint density at radius 1 is 0.979 bits per heavy atom. The molecule has 11 nitrogen and oxygen atoms in total. The molecular formula is C34H51N5O6Si2. The molecule has 1 aromatic heterocycles. The van der Waals surface area contributed by atoms with E-state index >= 15 is 0 Å². The Hall–Kier alpha value is -3.37. The number of fused-ring (bicyclic) bond motifs is 1. The smallest absolute Gasteiger partial charge is 0.351 e. The van der Waals surface area contributed by atoms with Crippen LogP contribution in [0.4, 0.5) is 16.3 Å². The molecule has 1 aliphatic rings. The molecule has 1 aliphatic heterocycles. The van der Waals surface area contributed by atoms with Crippen molar-refractivity contribution in [3.8, 4) is 0 Å². The second-order valence-corrected chi connectivity index (χ2v) is 24.8. The Balaban J connectivity index is 1.53. The third-order valence-corrected chi connectivity index (χ3v) is 18.9. The van der Waals surface area contributed by atoms with Crippen molar-refractivity contribution in [3.63, 3.8) is 0 Å². The summed E-state index contributed by atoms with van der Waals surface area (Å²) in [4.78, 5) is 42.6. The molecule has 0 saturated carbocycles. The van der Waals surface area contributed by atoms with Crippen molar-refractivity contribution in [3.05, 3.63) is 64.7 Å². The van der Waals surface area contributed by atoms with E-state index in [-0.39, 0.29) is 34.1 Å². The molecule has 4 rings (SSSR count). The summed E-state index contributed by atoms with van der Waals surface area (Å²) in [5.41, 5.74) is 0.377.